The number of rotatable bonds is 7. The topological polar surface area (TPSA) is 98.7 Å². The monoisotopic (exact) mass is 385 g/mol. The maximum atomic E-state index is 12.4. The number of para-hydroxylation sites is 1. The van der Waals surface area contributed by atoms with Gasteiger partial charge >= 0.3 is 0 Å². The quantitative estimate of drug-likeness (QED) is 0.478. The van der Waals surface area contributed by atoms with E-state index in [0.29, 0.717) is 6.42 Å². The van der Waals surface area contributed by atoms with Gasteiger partial charge in [-0.05, 0) is 19.2 Å². The first-order chi connectivity index (χ1) is 12.1. The van der Waals surface area contributed by atoms with Crippen LogP contribution in [0, 0.1) is 0 Å². The first-order valence-corrected chi connectivity index (χ1v) is 10.4. The van der Waals surface area contributed by atoms with Crippen LogP contribution in [0.4, 0.5) is 11.4 Å². The van der Waals surface area contributed by atoms with E-state index in [-0.39, 0.29) is 28.8 Å². The van der Waals surface area contributed by atoms with E-state index in [2.05, 4.69) is 29.0 Å². The number of likely N-dealkylation sites (N-methyl/N-ethyl adjacent to an activating group) is 2. The lowest BCUT2D eigenvalue weighted by atomic mass is 10.2. The van der Waals surface area contributed by atoms with Crippen molar-refractivity contribution in [1.82, 2.24) is 4.90 Å². The molecule has 1 saturated heterocycles. The Morgan fingerprint density at radius 2 is 1.88 bits per heavy atom. The number of amides is 1. The molecule has 2 rings (SSSR count). The minimum atomic E-state index is -3.58. The zero-order chi connectivity index (χ0) is 19.4. The molecule has 0 spiro atoms. The molecule has 3 N–H and O–H groups in total. The number of phenolic OH excluding ortho intramolecular Hbond substituents is 1. The van der Waals surface area contributed by atoms with Crippen LogP contribution in [0.3, 0.4) is 0 Å². The molecule has 0 bridgehead atoms. The summed E-state index contributed by atoms with van der Waals surface area (Å²) in [5, 5.41) is 12.6. The van der Waals surface area contributed by atoms with Crippen molar-refractivity contribution >= 4 is 27.3 Å². The van der Waals surface area contributed by atoms with Crippen LogP contribution in [0.25, 0.3) is 0 Å². The Hall–Kier alpha value is -1.84. The molecule has 1 aliphatic heterocycles. The number of carbonyl (C=O) groups excluding carboxylic acids is 1. The summed E-state index contributed by atoms with van der Waals surface area (Å²) in [6, 6.07) is 4.54. The van der Waals surface area contributed by atoms with Crippen molar-refractivity contribution in [1.29, 1.82) is 0 Å². The number of piperazine rings is 1. The third-order valence-electron chi connectivity index (χ3n) is 4.77. The summed E-state index contributed by atoms with van der Waals surface area (Å²) >= 11 is 0. The summed E-state index contributed by atoms with van der Waals surface area (Å²) in [4.78, 5) is 13.4. The molecular weight excluding hydrogens is 356 g/mol. The minimum absolute atomic E-state index is 0.0134. The van der Waals surface area contributed by atoms with Gasteiger partial charge in [-0.15, -0.1) is 0 Å². The molecule has 1 aliphatic rings. The Balaban J connectivity index is 1.94. The molecule has 1 amide bonds. The Bertz CT molecular complexity index is 743. The van der Waals surface area contributed by atoms with Gasteiger partial charge in [-0.2, -0.15) is 0 Å². The number of nitrogens with one attached hydrogen (secondary N) is 2. The SMILES string of the molecule is CC(=O)Nc1cccc(NS(=O)(=O)CCC[N+]2(C)CCN(C)CC2)c1O. The molecule has 0 radical (unpaired) electrons. The highest BCUT2D eigenvalue weighted by Crippen LogP contribution is 2.32. The molecular formula is C17H29N4O4S+. The third kappa shape index (κ3) is 5.86. The molecule has 9 heteroatoms. The number of anilines is 2. The molecule has 0 aromatic heterocycles. The highest BCUT2D eigenvalue weighted by molar-refractivity contribution is 7.92. The zero-order valence-corrected chi connectivity index (χ0v) is 16.5. The van der Waals surface area contributed by atoms with Crippen LogP contribution < -0.4 is 10.0 Å². The first kappa shape index (κ1) is 20.5. The maximum Gasteiger partial charge on any atom is 0.233 e. The van der Waals surface area contributed by atoms with E-state index in [1.165, 1.54) is 19.1 Å². The zero-order valence-electron chi connectivity index (χ0n) is 15.7. The smallest absolute Gasteiger partial charge is 0.233 e. The van der Waals surface area contributed by atoms with Gasteiger partial charge in [0.25, 0.3) is 0 Å². The van der Waals surface area contributed by atoms with E-state index >= 15 is 0 Å². The van der Waals surface area contributed by atoms with E-state index in [1.807, 2.05) is 0 Å². The van der Waals surface area contributed by atoms with Gasteiger partial charge in [0.15, 0.2) is 5.75 Å². The van der Waals surface area contributed by atoms with Crippen molar-refractivity contribution in [3.63, 3.8) is 0 Å². The summed E-state index contributed by atoms with van der Waals surface area (Å²) in [7, 11) is 0.675. The minimum Gasteiger partial charge on any atom is -0.504 e. The highest BCUT2D eigenvalue weighted by Gasteiger charge is 2.27. The standard InChI is InChI=1S/C17H28N4O4S/c1-14(22)18-15-6-4-7-16(17(15)23)19-26(24,25)13-5-10-21(3)11-8-20(2)9-12-21/h4,6-7,19H,5,8-13H2,1-3H3,(H-,18,22,23)/p+1. The molecule has 1 heterocycles. The lowest BCUT2D eigenvalue weighted by Crippen LogP contribution is -2.56. The summed E-state index contributed by atoms with van der Waals surface area (Å²) in [6.45, 7) is 6.19. The van der Waals surface area contributed by atoms with E-state index in [4.69, 9.17) is 0 Å². The van der Waals surface area contributed by atoms with Crippen LogP contribution in [0.1, 0.15) is 13.3 Å². The van der Waals surface area contributed by atoms with Crippen molar-refractivity contribution < 1.29 is 22.8 Å². The predicted octanol–water partition coefficient (Wildman–Crippen LogP) is 0.874. The number of hydrogen-bond acceptors (Lipinski definition) is 5. The van der Waals surface area contributed by atoms with Gasteiger partial charge in [0.1, 0.15) is 0 Å². The van der Waals surface area contributed by atoms with Crippen LogP contribution in [0.15, 0.2) is 18.2 Å². The van der Waals surface area contributed by atoms with E-state index in [1.54, 1.807) is 6.07 Å². The number of aromatic hydroxyl groups is 1. The van der Waals surface area contributed by atoms with E-state index < -0.39 is 10.0 Å². The fraction of sp³-hybridized carbons (Fsp3) is 0.588. The Kier molecular flexibility index (Phi) is 6.48. The number of hydrogen-bond donors (Lipinski definition) is 3. The maximum absolute atomic E-state index is 12.4. The van der Waals surface area contributed by atoms with Crippen molar-refractivity contribution in [2.75, 3.05) is 62.6 Å². The third-order valence-corrected chi connectivity index (χ3v) is 6.12. The van der Waals surface area contributed by atoms with Crippen molar-refractivity contribution in [2.45, 2.75) is 13.3 Å². The molecule has 1 aromatic carbocycles. The van der Waals surface area contributed by atoms with Gasteiger partial charge in [0, 0.05) is 26.4 Å². The van der Waals surface area contributed by atoms with E-state index in [9.17, 15) is 18.3 Å². The van der Waals surface area contributed by atoms with Crippen LogP contribution in [-0.2, 0) is 14.8 Å². The second-order valence-electron chi connectivity index (χ2n) is 7.25. The first-order valence-electron chi connectivity index (χ1n) is 8.72. The van der Waals surface area contributed by atoms with Crippen LogP contribution in [-0.4, -0.2) is 81.4 Å². The summed E-state index contributed by atoms with van der Waals surface area (Å²) in [5.41, 5.74) is 0.240. The lowest BCUT2D eigenvalue weighted by Gasteiger charge is -2.41. The molecule has 0 unspecified atom stereocenters. The fourth-order valence-electron chi connectivity index (χ4n) is 3.04. The second kappa shape index (κ2) is 8.24. The highest BCUT2D eigenvalue weighted by atomic mass is 32.2. The number of phenols is 1. The summed E-state index contributed by atoms with van der Waals surface area (Å²) < 4.78 is 28.0. The van der Waals surface area contributed by atoms with Gasteiger partial charge in [-0.3, -0.25) is 14.4 Å². The molecule has 8 nitrogen and oxygen atoms in total. The number of carbonyl (C=O) groups is 1. The number of sulfonamides is 1. The molecule has 0 atom stereocenters. The molecule has 0 saturated carbocycles. The molecule has 26 heavy (non-hydrogen) atoms. The fourth-order valence-corrected chi connectivity index (χ4v) is 4.15. The largest absolute Gasteiger partial charge is 0.504 e. The number of nitrogens with zero attached hydrogens (tertiary/aromatic N) is 2. The number of benzene rings is 1. The Morgan fingerprint density at radius 3 is 2.50 bits per heavy atom. The Morgan fingerprint density at radius 1 is 1.27 bits per heavy atom. The molecule has 146 valence electrons. The average molecular weight is 386 g/mol. The second-order valence-corrected chi connectivity index (χ2v) is 9.09. The van der Waals surface area contributed by atoms with Gasteiger partial charge in [0.05, 0.1) is 43.8 Å². The lowest BCUT2D eigenvalue weighted by molar-refractivity contribution is -0.913. The summed E-state index contributed by atoms with van der Waals surface area (Å²) in [6.07, 6.45) is 0.543. The van der Waals surface area contributed by atoms with Crippen molar-refractivity contribution in [3.8, 4) is 5.75 Å². The number of quaternary nitrogens is 1. The predicted molar refractivity (Wildman–Crippen MR) is 103 cm³/mol. The summed E-state index contributed by atoms with van der Waals surface area (Å²) in [5.74, 6) is -0.644. The van der Waals surface area contributed by atoms with Crippen molar-refractivity contribution in [3.05, 3.63) is 18.2 Å². The van der Waals surface area contributed by atoms with Gasteiger partial charge < -0.3 is 14.9 Å². The van der Waals surface area contributed by atoms with E-state index in [0.717, 1.165) is 37.2 Å². The molecule has 1 aromatic rings. The normalized spacial score (nSPS) is 17.7. The molecule has 1 fully saturated rings. The van der Waals surface area contributed by atoms with Gasteiger partial charge in [-0.25, -0.2) is 8.42 Å². The molecule has 0 aliphatic carbocycles. The van der Waals surface area contributed by atoms with Gasteiger partial charge in [-0.1, -0.05) is 6.07 Å². The van der Waals surface area contributed by atoms with Crippen LogP contribution in [0.5, 0.6) is 5.75 Å². The van der Waals surface area contributed by atoms with Crippen LogP contribution >= 0.6 is 0 Å². The average Bonchev–Trinajstić information content (AvgIpc) is 2.53. The Labute approximate surface area is 155 Å². The van der Waals surface area contributed by atoms with Crippen LogP contribution in [0.2, 0.25) is 0 Å². The van der Waals surface area contributed by atoms with Crippen molar-refractivity contribution in [2.24, 2.45) is 0 Å². The van der Waals surface area contributed by atoms with Gasteiger partial charge in [0.2, 0.25) is 15.9 Å².